The van der Waals surface area contributed by atoms with Crippen LogP contribution in [0.2, 0.25) is 10.0 Å². The number of carbonyl (C=O) groups excluding carboxylic acids is 2. The highest BCUT2D eigenvalue weighted by Crippen LogP contribution is 2.20. The lowest BCUT2D eigenvalue weighted by molar-refractivity contribution is -0.121. The van der Waals surface area contributed by atoms with Gasteiger partial charge in [0.05, 0.1) is 15.5 Å². The number of hydrogen-bond donors (Lipinski definition) is 3. The van der Waals surface area contributed by atoms with Gasteiger partial charge < -0.3 is 0 Å². The first-order valence-corrected chi connectivity index (χ1v) is 11.0. The molecular formula is C20H17Cl2N3O4S. The van der Waals surface area contributed by atoms with E-state index in [0.29, 0.717) is 5.02 Å². The van der Waals surface area contributed by atoms with E-state index in [9.17, 15) is 18.0 Å². The van der Waals surface area contributed by atoms with Crippen LogP contribution in [0.5, 0.6) is 0 Å². The topological polar surface area (TPSA) is 104 Å². The van der Waals surface area contributed by atoms with Gasteiger partial charge in [0.2, 0.25) is 15.9 Å². The van der Waals surface area contributed by atoms with Gasteiger partial charge in [-0.15, -0.1) is 0 Å². The predicted octanol–water partition coefficient (Wildman–Crippen LogP) is 3.28. The minimum absolute atomic E-state index is 0.0986. The Morgan fingerprint density at radius 2 is 1.60 bits per heavy atom. The molecule has 156 valence electrons. The summed E-state index contributed by atoms with van der Waals surface area (Å²) < 4.78 is 27.2. The average Bonchev–Trinajstić information content (AvgIpc) is 2.73. The summed E-state index contributed by atoms with van der Waals surface area (Å²) in [7, 11) is -3.78. The summed E-state index contributed by atoms with van der Waals surface area (Å²) in [5.41, 5.74) is 4.51. The summed E-state index contributed by atoms with van der Waals surface area (Å²) in [6.07, 6.45) is -0.184. The lowest BCUT2D eigenvalue weighted by Crippen LogP contribution is -2.42. The van der Waals surface area contributed by atoms with Crippen molar-refractivity contribution in [1.29, 1.82) is 0 Å². The molecule has 30 heavy (non-hydrogen) atoms. The smallest absolute Gasteiger partial charge is 0.271 e. The number of fused-ring (bicyclic) bond motifs is 1. The van der Waals surface area contributed by atoms with E-state index in [0.717, 1.165) is 10.8 Å². The number of hydrogen-bond acceptors (Lipinski definition) is 4. The summed E-state index contributed by atoms with van der Waals surface area (Å²) in [5.74, 6) is -1.23. The second-order valence-corrected chi connectivity index (χ2v) is 8.89. The van der Waals surface area contributed by atoms with E-state index in [1.807, 2.05) is 24.3 Å². The normalized spacial score (nSPS) is 11.3. The number of halogens is 2. The monoisotopic (exact) mass is 465 g/mol. The maximum absolute atomic E-state index is 12.4. The van der Waals surface area contributed by atoms with Crippen molar-refractivity contribution in [1.82, 2.24) is 15.6 Å². The molecule has 0 aromatic heterocycles. The number of rotatable bonds is 6. The maximum atomic E-state index is 12.4. The first kappa shape index (κ1) is 22.0. The van der Waals surface area contributed by atoms with Crippen LogP contribution < -0.4 is 15.6 Å². The van der Waals surface area contributed by atoms with Crippen LogP contribution in [0.3, 0.4) is 0 Å². The average molecular weight is 466 g/mol. The van der Waals surface area contributed by atoms with E-state index in [-0.39, 0.29) is 28.4 Å². The first-order valence-electron chi connectivity index (χ1n) is 8.79. The van der Waals surface area contributed by atoms with Gasteiger partial charge in [-0.3, -0.25) is 20.4 Å². The van der Waals surface area contributed by atoms with Gasteiger partial charge in [-0.2, -0.15) is 0 Å². The molecule has 0 atom stereocenters. The second-order valence-electron chi connectivity index (χ2n) is 6.28. The van der Waals surface area contributed by atoms with Crippen molar-refractivity contribution in [2.45, 2.75) is 11.3 Å². The summed E-state index contributed by atoms with van der Waals surface area (Å²) in [6.45, 7) is -0.144. The quantitative estimate of drug-likeness (QED) is 0.485. The van der Waals surface area contributed by atoms with Gasteiger partial charge in [0, 0.05) is 18.0 Å². The van der Waals surface area contributed by atoms with Crippen molar-refractivity contribution in [2.24, 2.45) is 0 Å². The highest BCUT2D eigenvalue weighted by Gasteiger charge is 2.16. The molecule has 0 bridgehead atoms. The molecule has 0 heterocycles. The van der Waals surface area contributed by atoms with E-state index < -0.39 is 21.8 Å². The molecule has 3 aromatic rings. The van der Waals surface area contributed by atoms with Crippen LogP contribution in [-0.2, 0) is 14.8 Å². The van der Waals surface area contributed by atoms with Crippen molar-refractivity contribution in [3.8, 4) is 0 Å². The molecule has 3 N–H and O–H groups in total. The zero-order chi connectivity index (χ0) is 21.7. The van der Waals surface area contributed by atoms with Gasteiger partial charge in [-0.1, -0.05) is 53.5 Å². The van der Waals surface area contributed by atoms with Gasteiger partial charge in [-0.25, -0.2) is 13.1 Å². The highest BCUT2D eigenvalue weighted by molar-refractivity contribution is 7.89. The molecule has 7 nitrogen and oxygen atoms in total. The highest BCUT2D eigenvalue weighted by atomic mass is 35.5. The third kappa shape index (κ3) is 5.48. The lowest BCUT2D eigenvalue weighted by atomic mass is 10.1. The van der Waals surface area contributed by atoms with Gasteiger partial charge in [0.1, 0.15) is 0 Å². The summed E-state index contributed by atoms with van der Waals surface area (Å²) in [4.78, 5) is 24.1. The van der Waals surface area contributed by atoms with Crippen LogP contribution in [-0.4, -0.2) is 26.8 Å². The Bertz CT molecular complexity index is 1220. The molecule has 0 spiro atoms. The Labute approximate surface area is 183 Å². The van der Waals surface area contributed by atoms with E-state index in [1.54, 1.807) is 12.1 Å². The van der Waals surface area contributed by atoms with Crippen LogP contribution >= 0.6 is 23.2 Å². The van der Waals surface area contributed by atoms with Gasteiger partial charge >= 0.3 is 0 Å². The van der Waals surface area contributed by atoms with Crippen molar-refractivity contribution < 1.29 is 18.0 Å². The van der Waals surface area contributed by atoms with Crippen LogP contribution in [0, 0.1) is 0 Å². The van der Waals surface area contributed by atoms with Crippen LogP contribution in [0.4, 0.5) is 0 Å². The van der Waals surface area contributed by atoms with Gasteiger partial charge in [0.15, 0.2) is 0 Å². The number of hydrazine groups is 1. The standard InChI is InChI=1S/C20H17Cl2N3O4S/c21-15-6-8-18(22)17(12-15)20(27)25-24-19(26)9-10-23-30(28,29)16-7-5-13-3-1-2-4-14(13)11-16/h1-8,11-12,23H,9-10H2,(H,24,26)(H,25,27). The molecule has 0 radical (unpaired) electrons. The third-order valence-corrected chi connectivity index (χ3v) is 6.19. The summed E-state index contributed by atoms with van der Waals surface area (Å²) in [6, 6.07) is 16.5. The molecule has 0 saturated heterocycles. The third-order valence-electron chi connectivity index (χ3n) is 4.16. The number of amides is 2. The van der Waals surface area contributed by atoms with Gasteiger partial charge in [0.25, 0.3) is 5.91 Å². The number of carbonyl (C=O) groups is 2. The Morgan fingerprint density at radius 3 is 2.37 bits per heavy atom. The van der Waals surface area contributed by atoms with Crippen molar-refractivity contribution in [3.05, 3.63) is 76.3 Å². The van der Waals surface area contributed by atoms with Crippen LogP contribution in [0.25, 0.3) is 10.8 Å². The zero-order valence-corrected chi connectivity index (χ0v) is 17.8. The van der Waals surface area contributed by atoms with Gasteiger partial charge in [-0.05, 0) is 41.1 Å². The fraction of sp³-hybridized carbons (Fsp3) is 0.100. The van der Waals surface area contributed by atoms with E-state index in [4.69, 9.17) is 23.2 Å². The number of nitrogens with one attached hydrogen (secondary N) is 3. The first-order chi connectivity index (χ1) is 14.3. The van der Waals surface area contributed by atoms with Crippen molar-refractivity contribution in [3.63, 3.8) is 0 Å². The van der Waals surface area contributed by atoms with E-state index in [1.165, 1.54) is 24.3 Å². The number of sulfonamides is 1. The zero-order valence-electron chi connectivity index (χ0n) is 15.5. The Balaban J connectivity index is 1.51. The van der Waals surface area contributed by atoms with E-state index >= 15 is 0 Å². The number of benzene rings is 3. The SMILES string of the molecule is O=C(CCNS(=O)(=O)c1ccc2ccccc2c1)NNC(=O)c1cc(Cl)ccc1Cl. The molecule has 3 rings (SSSR count). The van der Waals surface area contributed by atoms with E-state index in [2.05, 4.69) is 15.6 Å². The van der Waals surface area contributed by atoms with Crippen molar-refractivity contribution >= 4 is 55.8 Å². The fourth-order valence-electron chi connectivity index (χ4n) is 2.64. The predicted molar refractivity (Wildman–Crippen MR) is 116 cm³/mol. The minimum atomic E-state index is -3.78. The minimum Gasteiger partial charge on any atom is -0.273 e. The molecule has 0 aliphatic heterocycles. The Kier molecular flexibility index (Phi) is 6.94. The molecule has 0 fully saturated rings. The lowest BCUT2D eigenvalue weighted by Gasteiger charge is -2.10. The fourth-order valence-corrected chi connectivity index (χ4v) is 4.09. The van der Waals surface area contributed by atoms with Crippen LogP contribution in [0.1, 0.15) is 16.8 Å². The molecule has 2 amide bonds. The molecule has 3 aromatic carbocycles. The Morgan fingerprint density at radius 1 is 0.867 bits per heavy atom. The second kappa shape index (κ2) is 9.44. The Hall–Kier alpha value is -2.65. The molecule has 10 heteroatoms. The summed E-state index contributed by atoms with van der Waals surface area (Å²) >= 11 is 11.8. The largest absolute Gasteiger partial charge is 0.273 e. The van der Waals surface area contributed by atoms with Crippen LogP contribution in [0.15, 0.2) is 65.6 Å². The molecule has 0 aliphatic carbocycles. The summed E-state index contributed by atoms with van der Waals surface area (Å²) in [5, 5.41) is 2.21. The maximum Gasteiger partial charge on any atom is 0.271 e. The molecular weight excluding hydrogens is 449 g/mol. The molecule has 0 aliphatic rings. The molecule has 0 unspecified atom stereocenters. The molecule has 0 saturated carbocycles. The van der Waals surface area contributed by atoms with Crippen molar-refractivity contribution in [2.75, 3.05) is 6.54 Å².